The number of aromatic nitrogens is 2. The van der Waals surface area contributed by atoms with Crippen molar-refractivity contribution in [3.8, 4) is 17.2 Å². The maximum atomic E-state index is 13.6. The fourth-order valence-electron chi connectivity index (χ4n) is 4.71. The Morgan fingerprint density at radius 2 is 1.62 bits per heavy atom. The number of aryl methyl sites for hydroxylation is 2. The van der Waals surface area contributed by atoms with Gasteiger partial charge in [-0.15, -0.1) is 0 Å². The molecule has 0 radical (unpaired) electrons. The lowest BCUT2D eigenvalue weighted by atomic mass is 9.95. The van der Waals surface area contributed by atoms with E-state index in [1.54, 1.807) is 31.4 Å². The molecule has 9 nitrogen and oxygen atoms in total. The Hall–Kier alpha value is -4.50. The molecule has 1 aliphatic heterocycles. The number of rotatable bonds is 6. The summed E-state index contributed by atoms with van der Waals surface area (Å²) in [5.74, 6) is -0.926. The smallest absolute Gasteiger partial charge is 0.302 e. The van der Waals surface area contributed by atoms with Crippen LogP contribution in [0.2, 0.25) is 5.02 Å². The summed E-state index contributed by atoms with van der Waals surface area (Å²) in [4.78, 5) is 36.2. The Labute approximate surface area is 229 Å². The lowest BCUT2D eigenvalue weighted by Gasteiger charge is -2.23. The number of amides is 1. The quantitative estimate of drug-likeness (QED) is 0.186. The average molecular weight is 548 g/mol. The van der Waals surface area contributed by atoms with Crippen LogP contribution in [-0.2, 0) is 9.59 Å². The highest BCUT2D eigenvalue weighted by Gasteiger charge is 2.48. The number of H-pyrrole nitrogens is 1. The molecular weight excluding hydrogens is 522 g/mol. The van der Waals surface area contributed by atoms with Crippen LogP contribution in [0.25, 0.3) is 16.8 Å². The average Bonchev–Trinajstić information content (AvgIpc) is 3.45. The van der Waals surface area contributed by atoms with E-state index in [2.05, 4.69) is 9.97 Å². The van der Waals surface area contributed by atoms with E-state index in [0.29, 0.717) is 22.3 Å². The summed E-state index contributed by atoms with van der Waals surface area (Å²) in [7, 11) is 4.38. The van der Waals surface area contributed by atoms with Crippen LogP contribution in [0.5, 0.6) is 17.2 Å². The third-order valence-electron chi connectivity index (χ3n) is 6.92. The van der Waals surface area contributed by atoms with Crippen LogP contribution in [0.1, 0.15) is 28.3 Å². The van der Waals surface area contributed by atoms with Crippen LogP contribution in [0.4, 0.5) is 5.95 Å². The molecule has 5 rings (SSSR count). The minimum absolute atomic E-state index is 0.138. The molecule has 39 heavy (non-hydrogen) atoms. The number of fused-ring (bicyclic) bond motifs is 1. The van der Waals surface area contributed by atoms with Crippen molar-refractivity contribution < 1.29 is 28.9 Å². The molecule has 1 aromatic heterocycles. The van der Waals surface area contributed by atoms with Gasteiger partial charge in [-0.25, -0.2) is 4.98 Å². The monoisotopic (exact) mass is 547 g/mol. The van der Waals surface area contributed by atoms with E-state index in [1.165, 1.54) is 31.3 Å². The Balaban J connectivity index is 1.76. The molecule has 0 aliphatic carbocycles. The predicted octanol–water partition coefficient (Wildman–Crippen LogP) is 5.49. The zero-order valence-corrected chi connectivity index (χ0v) is 22.7. The molecular formula is C29H26ClN3O6. The number of aliphatic hydroxyl groups is 1. The lowest BCUT2D eigenvalue weighted by molar-refractivity contribution is -0.132. The molecule has 1 saturated heterocycles. The maximum Gasteiger partial charge on any atom is 0.302 e. The van der Waals surface area contributed by atoms with E-state index in [0.717, 1.165) is 11.1 Å². The highest BCUT2D eigenvalue weighted by Crippen LogP contribution is 2.44. The number of hydrogen-bond donors (Lipinski definition) is 2. The fourth-order valence-corrected chi connectivity index (χ4v) is 4.94. The van der Waals surface area contributed by atoms with Gasteiger partial charge in [0.25, 0.3) is 5.78 Å². The molecule has 1 aliphatic rings. The number of Topliss-reactive ketones (excluding diaryl/α,β-unsaturated/α-hetero) is 1. The summed E-state index contributed by atoms with van der Waals surface area (Å²) in [6.45, 7) is 3.95. The standard InChI is InChI=1S/C29H26ClN3O6/c1-14-10-20-21(11-15(14)2)32-29(31-20)33-25(16-6-8-17(37-3)9-7-16)24(27(35)28(33)36)26(34)18-12-23(39-5)19(30)13-22(18)38-4/h6-13,25,34H,1-5H3,(H,31,32)/b26-24+. The Bertz CT molecular complexity index is 1620. The molecule has 200 valence electrons. The third kappa shape index (κ3) is 4.34. The van der Waals surface area contributed by atoms with E-state index < -0.39 is 23.5 Å². The first kappa shape index (κ1) is 26.1. The predicted molar refractivity (Wildman–Crippen MR) is 148 cm³/mol. The molecule has 1 fully saturated rings. The van der Waals surface area contributed by atoms with Gasteiger partial charge >= 0.3 is 5.91 Å². The maximum absolute atomic E-state index is 13.6. The molecule has 0 spiro atoms. The first-order valence-electron chi connectivity index (χ1n) is 12.0. The Morgan fingerprint density at radius 1 is 0.949 bits per heavy atom. The summed E-state index contributed by atoms with van der Waals surface area (Å²) >= 11 is 6.26. The summed E-state index contributed by atoms with van der Waals surface area (Å²) in [5, 5.41) is 11.8. The highest BCUT2D eigenvalue weighted by molar-refractivity contribution is 6.51. The van der Waals surface area contributed by atoms with Gasteiger partial charge in [0, 0.05) is 6.07 Å². The minimum atomic E-state index is -1.01. The first-order chi connectivity index (χ1) is 18.7. The zero-order chi connectivity index (χ0) is 28.0. The zero-order valence-electron chi connectivity index (χ0n) is 22.0. The van der Waals surface area contributed by atoms with Crippen LogP contribution in [0.3, 0.4) is 0 Å². The van der Waals surface area contributed by atoms with Crippen LogP contribution >= 0.6 is 11.6 Å². The van der Waals surface area contributed by atoms with Gasteiger partial charge in [-0.1, -0.05) is 23.7 Å². The molecule has 1 atom stereocenters. The van der Waals surface area contributed by atoms with E-state index in [1.807, 2.05) is 26.0 Å². The van der Waals surface area contributed by atoms with Gasteiger partial charge in [-0.2, -0.15) is 0 Å². The minimum Gasteiger partial charge on any atom is -0.507 e. The second kappa shape index (κ2) is 9.99. The van der Waals surface area contributed by atoms with Crippen molar-refractivity contribution in [2.75, 3.05) is 26.2 Å². The van der Waals surface area contributed by atoms with Crippen LogP contribution in [0, 0.1) is 13.8 Å². The van der Waals surface area contributed by atoms with E-state index in [4.69, 9.17) is 25.8 Å². The van der Waals surface area contributed by atoms with Gasteiger partial charge in [0.05, 0.1) is 54.6 Å². The molecule has 2 heterocycles. The SMILES string of the molecule is COc1ccc(C2/C(=C(\O)c3cc(OC)c(Cl)cc3OC)C(=O)C(=O)N2c2nc3cc(C)c(C)cc3[nH]2)cc1. The number of aliphatic hydroxyl groups excluding tert-OH is 1. The van der Waals surface area contributed by atoms with Crippen molar-refractivity contribution in [2.24, 2.45) is 0 Å². The largest absolute Gasteiger partial charge is 0.507 e. The molecule has 4 aromatic rings. The van der Waals surface area contributed by atoms with Crippen molar-refractivity contribution in [1.29, 1.82) is 0 Å². The number of imidazole rings is 1. The normalized spacial score (nSPS) is 16.7. The topological polar surface area (TPSA) is 114 Å². The van der Waals surface area contributed by atoms with Crippen molar-refractivity contribution in [1.82, 2.24) is 9.97 Å². The molecule has 3 aromatic carbocycles. The van der Waals surface area contributed by atoms with Gasteiger partial charge in [-0.3, -0.25) is 14.5 Å². The van der Waals surface area contributed by atoms with Gasteiger partial charge in [-0.05, 0) is 60.9 Å². The van der Waals surface area contributed by atoms with Gasteiger partial charge in [0.15, 0.2) is 0 Å². The van der Waals surface area contributed by atoms with Crippen LogP contribution in [-0.4, -0.2) is 48.1 Å². The Kier molecular flexibility index (Phi) is 6.69. The molecule has 1 amide bonds. The van der Waals surface area contributed by atoms with Crippen molar-refractivity contribution >= 4 is 46.0 Å². The number of anilines is 1. The van der Waals surface area contributed by atoms with Gasteiger partial charge < -0.3 is 24.3 Å². The number of ether oxygens (including phenoxy) is 3. The third-order valence-corrected chi connectivity index (χ3v) is 7.21. The van der Waals surface area contributed by atoms with Gasteiger partial charge in [0.2, 0.25) is 5.95 Å². The fraction of sp³-hybridized carbons (Fsp3) is 0.207. The van der Waals surface area contributed by atoms with E-state index in [-0.39, 0.29) is 33.6 Å². The number of nitrogens with one attached hydrogen (secondary N) is 1. The highest BCUT2D eigenvalue weighted by atomic mass is 35.5. The number of carbonyl (C=O) groups excluding carboxylic acids is 2. The molecule has 0 bridgehead atoms. The van der Waals surface area contributed by atoms with E-state index in [9.17, 15) is 14.7 Å². The summed E-state index contributed by atoms with van der Waals surface area (Å²) in [6, 6.07) is 12.7. The Morgan fingerprint density at radius 3 is 2.26 bits per heavy atom. The number of benzene rings is 3. The molecule has 10 heteroatoms. The van der Waals surface area contributed by atoms with E-state index >= 15 is 0 Å². The number of nitrogens with zero attached hydrogens (tertiary/aromatic N) is 2. The number of methoxy groups -OCH3 is 3. The van der Waals surface area contributed by atoms with Crippen molar-refractivity contribution in [2.45, 2.75) is 19.9 Å². The summed E-state index contributed by atoms with van der Waals surface area (Å²) in [5.41, 5.74) is 4.02. The van der Waals surface area contributed by atoms with Crippen LogP contribution < -0.4 is 19.1 Å². The van der Waals surface area contributed by atoms with Crippen LogP contribution in [0.15, 0.2) is 54.1 Å². The number of ketones is 1. The van der Waals surface area contributed by atoms with Crippen molar-refractivity contribution in [3.63, 3.8) is 0 Å². The number of aromatic amines is 1. The van der Waals surface area contributed by atoms with Gasteiger partial charge in [0.1, 0.15) is 23.0 Å². The second-order valence-electron chi connectivity index (χ2n) is 9.14. The second-order valence-corrected chi connectivity index (χ2v) is 9.55. The number of hydrogen-bond acceptors (Lipinski definition) is 7. The summed E-state index contributed by atoms with van der Waals surface area (Å²) in [6.07, 6.45) is 0. The molecule has 1 unspecified atom stereocenters. The van der Waals surface area contributed by atoms with Crippen molar-refractivity contribution in [3.05, 3.63) is 81.4 Å². The first-order valence-corrected chi connectivity index (χ1v) is 12.4. The lowest BCUT2D eigenvalue weighted by Crippen LogP contribution is -2.30. The number of halogens is 1. The number of carbonyl (C=O) groups is 2. The molecule has 2 N–H and O–H groups in total. The molecule has 0 saturated carbocycles. The summed E-state index contributed by atoms with van der Waals surface area (Å²) < 4.78 is 16.0.